The summed E-state index contributed by atoms with van der Waals surface area (Å²) in [5, 5.41) is 1.98. The summed E-state index contributed by atoms with van der Waals surface area (Å²) >= 11 is 0. The Morgan fingerprint density at radius 1 is 0.879 bits per heavy atom. The zero-order valence-electron chi connectivity index (χ0n) is 19.3. The highest BCUT2D eigenvalue weighted by atomic mass is 16.5. The zero-order chi connectivity index (χ0) is 22.6. The number of aromatic nitrogens is 2. The number of imidazole rings is 1. The van der Waals surface area contributed by atoms with Crippen LogP contribution in [0.3, 0.4) is 0 Å². The molecule has 0 unspecified atom stereocenters. The average molecular weight is 443 g/mol. The van der Waals surface area contributed by atoms with Gasteiger partial charge in [0.1, 0.15) is 11.5 Å². The molecule has 1 aliphatic heterocycles. The molecule has 0 spiro atoms. The first-order chi connectivity index (χ1) is 16.3. The number of ether oxygens (including phenoxy) is 2. The van der Waals surface area contributed by atoms with Crippen molar-refractivity contribution in [3.05, 3.63) is 60.2 Å². The highest BCUT2D eigenvalue weighted by molar-refractivity contribution is 6.06. The summed E-state index contributed by atoms with van der Waals surface area (Å²) in [5.41, 5.74) is 3.07. The van der Waals surface area contributed by atoms with E-state index in [1.54, 1.807) is 14.2 Å². The Morgan fingerprint density at radius 2 is 1.70 bits per heavy atom. The third-order valence-electron chi connectivity index (χ3n) is 6.48. The molecule has 0 radical (unpaired) electrons. The van der Waals surface area contributed by atoms with E-state index in [4.69, 9.17) is 19.5 Å². The van der Waals surface area contributed by atoms with E-state index in [0.29, 0.717) is 0 Å². The Bertz CT molecular complexity index is 1290. The molecular formula is C27H30N4O2. The van der Waals surface area contributed by atoms with Gasteiger partial charge in [-0.3, -0.25) is 0 Å². The van der Waals surface area contributed by atoms with Crippen LogP contribution in [-0.4, -0.2) is 54.5 Å². The van der Waals surface area contributed by atoms with Gasteiger partial charge in [0.05, 0.1) is 25.3 Å². The summed E-state index contributed by atoms with van der Waals surface area (Å²) < 4.78 is 13.5. The van der Waals surface area contributed by atoms with Crippen LogP contribution in [0.25, 0.3) is 21.8 Å². The fourth-order valence-electron chi connectivity index (χ4n) is 4.76. The molecule has 1 fully saturated rings. The molecule has 170 valence electrons. The van der Waals surface area contributed by atoms with Crippen LogP contribution in [0.4, 0.5) is 5.95 Å². The van der Waals surface area contributed by atoms with Crippen molar-refractivity contribution in [3.63, 3.8) is 0 Å². The minimum Gasteiger partial charge on any atom is -0.496 e. The smallest absolute Gasteiger partial charge is 0.230 e. The lowest BCUT2D eigenvalue weighted by molar-refractivity contribution is 0.222. The Morgan fingerprint density at radius 3 is 2.52 bits per heavy atom. The predicted molar refractivity (Wildman–Crippen MR) is 134 cm³/mol. The van der Waals surface area contributed by atoms with Crippen LogP contribution in [-0.2, 0) is 6.54 Å². The molecule has 0 aliphatic carbocycles. The topological polar surface area (TPSA) is 51.9 Å². The van der Waals surface area contributed by atoms with E-state index in [2.05, 4.69) is 27.7 Å². The fraction of sp³-hybridized carbons (Fsp3) is 0.333. The van der Waals surface area contributed by atoms with E-state index in [9.17, 15) is 0 Å². The van der Waals surface area contributed by atoms with Crippen LogP contribution < -0.4 is 9.47 Å². The van der Waals surface area contributed by atoms with Gasteiger partial charge in [-0.15, -0.1) is 0 Å². The number of hydrogen-bond acceptors (Lipinski definition) is 5. The number of para-hydroxylation sites is 2. The SMILES string of the molecule is COc1ccc(C=Nc2nc3ccccc3n2CCN2CCCCC2)c2c(OC)cccc12. The Kier molecular flexibility index (Phi) is 6.26. The molecule has 0 amide bonds. The van der Waals surface area contributed by atoms with Gasteiger partial charge in [0.25, 0.3) is 0 Å². The van der Waals surface area contributed by atoms with Crippen molar-refractivity contribution in [2.45, 2.75) is 25.8 Å². The molecule has 0 atom stereocenters. The van der Waals surface area contributed by atoms with Gasteiger partial charge in [0, 0.05) is 35.6 Å². The number of piperidine rings is 1. The van der Waals surface area contributed by atoms with Gasteiger partial charge >= 0.3 is 0 Å². The number of methoxy groups -OCH3 is 2. The summed E-state index contributed by atoms with van der Waals surface area (Å²) in [4.78, 5) is 12.3. The van der Waals surface area contributed by atoms with Gasteiger partial charge in [0.2, 0.25) is 5.95 Å². The maximum atomic E-state index is 5.65. The summed E-state index contributed by atoms with van der Waals surface area (Å²) in [5.74, 6) is 2.34. The van der Waals surface area contributed by atoms with Gasteiger partial charge in [-0.25, -0.2) is 9.98 Å². The van der Waals surface area contributed by atoms with Gasteiger partial charge in [-0.05, 0) is 56.3 Å². The van der Waals surface area contributed by atoms with E-state index in [0.717, 1.165) is 57.9 Å². The molecule has 0 bridgehead atoms. The van der Waals surface area contributed by atoms with Crippen LogP contribution in [0.5, 0.6) is 11.5 Å². The second-order valence-electron chi connectivity index (χ2n) is 8.45. The van der Waals surface area contributed by atoms with E-state index in [1.807, 2.05) is 42.6 Å². The molecule has 0 saturated carbocycles. The highest BCUT2D eigenvalue weighted by Crippen LogP contribution is 2.34. The number of hydrogen-bond donors (Lipinski definition) is 0. The number of likely N-dealkylation sites (tertiary alicyclic amines) is 1. The lowest BCUT2D eigenvalue weighted by atomic mass is 10.0. The minimum absolute atomic E-state index is 0.729. The number of aliphatic imine (C=N–C) groups is 1. The maximum Gasteiger partial charge on any atom is 0.230 e. The first-order valence-electron chi connectivity index (χ1n) is 11.6. The van der Waals surface area contributed by atoms with Crippen LogP contribution in [0.2, 0.25) is 0 Å². The molecule has 1 saturated heterocycles. The first kappa shape index (κ1) is 21.5. The minimum atomic E-state index is 0.729. The molecule has 2 heterocycles. The van der Waals surface area contributed by atoms with Crippen molar-refractivity contribution in [2.24, 2.45) is 4.99 Å². The predicted octanol–water partition coefficient (Wildman–Crippen LogP) is 5.44. The average Bonchev–Trinajstić information content (AvgIpc) is 3.23. The second-order valence-corrected chi connectivity index (χ2v) is 8.45. The van der Waals surface area contributed by atoms with Crippen molar-refractivity contribution < 1.29 is 9.47 Å². The summed E-state index contributed by atoms with van der Waals surface area (Å²) in [6.45, 7) is 4.26. The molecule has 6 heteroatoms. The van der Waals surface area contributed by atoms with Gasteiger partial charge in [-0.2, -0.15) is 0 Å². The Hall–Kier alpha value is -3.38. The van der Waals surface area contributed by atoms with Gasteiger partial charge in [-0.1, -0.05) is 30.7 Å². The quantitative estimate of drug-likeness (QED) is 0.358. The monoisotopic (exact) mass is 442 g/mol. The lowest BCUT2D eigenvalue weighted by Gasteiger charge is -2.26. The zero-order valence-corrected chi connectivity index (χ0v) is 19.3. The molecule has 1 aromatic heterocycles. The molecule has 0 N–H and O–H groups in total. The summed E-state index contributed by atoms with van der Waals surface area (Å²) in [6, 6.07) is 18.3. The molecule has 1 aliphatic rings. The van der Waals surface area contributed by atoms with Crippen LogP contribution in [0.15, 0.2) is 59.6 Å². The van der Waals surface area contributed by atoms with Crippen LogP contribution in [0, 0.1) is 0 Å². The summed E-state index contributed by atoms with van der Waals surface area (Å²) in [7, 11) is 3.38. The lowest BCUT2D eigenvalue weighted by Crippen LogP contribution is -2.32. The first-order valence-corrected chi connectivity index (χ1v) is 11.6. The summed E-state index contributed by atoms with van der Waals surface area (Å²) in [6.07, 6.45) is 5.83. The maximum absolute atomic E-state index is 5.65. The van der Waals surface area contributed by atoms with E-state index >= 15 is 0 Å². The third-order valence-corrected chi connectivity index (χ3v) is 6.48. The molecule has 6 nitrogen and oxygen atoms in total. The highest BCUT2D eigenvalue weighted by Gasteiger charge is 2.14. The number of rotatable bonds is 7. The second kappa shape index (κ2) is 9.63. The molecule has 4 aromatic rings. The standard InChI is InChI=1S/C27H30N4O2/c1-32-24-14-13-20(26-21(24)9-8-12-25(26)33-2)19-28-27-29-22-10-4-5-11-23(22)31(27)18-17-30-15-6-3-7-16-30/h4-5,8-14,19H,3,6-7,15-18H2,1-2H3. The Balaban J connectivity index is 1.53. The molecule has 3 aromatic carbocycles. The van der Waals surface area contributed by atoms with E-state index < -0.39 is 0 Å². The van der Waals surface area contributed by atoms with Crippen molar-refractivity contribution in [1.82, 2.24) is 14.5 Å². The molecule has 5 rings (SSSR count). The van der Waals surface area contributed by atoms with Crippen LogP contribution >= 0.6 is 0 Å². The largest absolute Gasteiger partial charge is 0.496 e. The van der Waals surface area contributed by atoms with Crippen molar-refractivity contribution in [2.75, 3.05) is 33.9 Å². The number of nitrogens with zero attached hydrogens (tertiary/aromatic N) is 4. The number of fused-ring (bicyclic) bond motifs is 2. The van der Waals surface area contributed by atoms with Gasteiger partial charge in [0.15, 0.2) is 0 Å². The van der Waals surface area contributed by atoms with E-state index in [1.165, 1.54) is 32.4 Å². The molecule has 33 heavy (non-hydrogen) atoms. The third kappa shape index (κ3) is 4.31. The normalized spacial score (nSPS) is 15.0. The molecular weight excluding hydrogens is 412 g/mol. The van der Waals surface area contributed by atoms with Crippen molar-refractivity contribution in [1.29, 1.82) is 0 Å². The fourth-order valence-corrected chi connectivity index (χ4v) is 4.76. The Labute approximate surface area is 194 Å². The van der Waals surface area contributed by atoms with Crippen molar-refractivity contribution >= 4 is 34.0 Å². The van der Waals surface area contributed by atoms with Crippen LogP contribution in [0.1, 0.15) is 24.8 Å². The number of benzene rings is 3. The van der Waals surface area contributed by atoms with E-state index in [-0.39, 0.29) is 0 Å². The van der Waals surface area contributed by atoms with Crippen molar-refractivity contribution in [3.8, 4) is 11.5 Å². The van der Waals surface area contributed by atoms with Gasteiger partial charge < -0.3 is 18.9 Å².